The number of fused-ring (bicyclic) bond motifs is 1. The maximum absolute atomic E-state index is 13.3. The molecule has 2 aromatic carbocycles. The van der Waals surface area contributed by atoms with Crippen molar-refractivity contribution < 1.29 is 5.11 Å². The Morgan fingerprint density at radius 2 is 1.58 bits per heavy atom. The van der Waals surface area contributed by atoms with Gasteiger partial charge >= 0.3 is 0 Å². The molecule has 26 heavy (non-hydrogen) atoms. The topological polar surface area (TPSA) is 58.4 Å². The molecule has 0 fully saturated rings. The van der Waals surface area contributed by atoms with E-state index in [0.717, 1.165) is 17.7 Å². The van der Waals surface area contributed by atoms with Crippen LogP contribution in [-0.4, -0.2) is 33.1 Å². The maximum Gasteiger partial charge on any atom is 0.297 e. The van der Waals surface area contributed by atoms with Crippen LogP contribution < -0.4 is 5.56 Å². The summed E-state index contributed by atoms with van der Waals surface area (Å²) >= 11 is 0. The molecule has 0 saturated carbocycles. The maximum atomic E-state index is 13.3. The van der Waals surface area contributed by atoms with Crippen molar-refractivity contribution in [3.63, 3.8) is 0 Å². The van der Waals surface area contributed by atoms with Crippen molar-refractivity contribution in [3.8, 4) is 6.01 Å². The predicted molar refractivity (Wildman–Crippen MR) is 100 cm³/mol. The van der Waals surface area contributed by atoms with Crippen molar-refractivity contribution >= 4 is 0 Å². The molecule has 0 unspecified atom stereocenters. The van der Waals surface area contributed by atoms with Crippen LogP contribution in [0.25, 0.3) is 0 Å². The Kier molecular flexibility index (Phi) is 4.31. The number of hydrogen-bond acceptors (Lipinski definition) is 4. The summed E-state index contributed by atoms with van der Waals surface area (Å²) < 4.78 is 1.42. The number of aromatic nitrogens is 2. The van der Waals surface area contributed by atoms with Gasteiger partial charge < -0.3 is 10.0 Å². The van der Waals surface area contributed by atoms with Crippen molar-refractivity contribution in [2.24, 2.45) is 0 Å². The van der Waals surface area contributed by atoms with Crippen molar-refractivity contribution in [2.75, 3.05) is 13.6 Å². The molecule has 1 aliphatic rings. The van der Waals surface area contributed by atoms with E-state index < -0.39 is 6.04 Å². The second-order valence-corrected chi connectivity index (χ2v) is 6.72. The van der Waals surface area contributed by atoms with E-state index in [1.807, 2.05) is 67.7 Å². The Morgan fingerprint density at radius 3 is 2.15 bits per heavy atom. The van der Waals surface area contributed by atoms with E-state index in [2.05, 4.69) is 9.88 Å². The molecule has 1 aromatic heterocycles. The molecular weight excluding hydrogens is 326 g/mol. The van der Waals surface area contributed by atoms with Gasteiger partial charge in [-0.1, -0.05) is 60.7 Å². The summed E-state index contributed by atoms with van der Waals surface area (Å²) in [5.74, 6) is 0. The number of likely N-dealkylation sites (N-methyl/N-ethyl adjacent to an activating group) is 1. The molecule has 3 aromatic rings. The second kappa shape index (κ2) is 6.77. The summed E-state index contributed by atoms with van der Waals surface area (Å²) in [6.45, 7) is 1.39. The highest BCUT2D eigenvalue weighted by atomic mass is 16.3. The molecule has 2 heterocycles. The first-order valence-corrected chi connectivity index (χ1v) is 8.77. The molecule has 0 saturated heterocycles. The quantitative estimate of drug-likeness (QED) is 0.791. The predicted octanol–water partition coefficient (Wildman–Crippen LogP) is 2.57. The molecule has 132 valence electrons. The first kappa shape index (κ1) is 16.5. The van der Waals surface area contributed by atoms with Gasteiger partial charge in [-0.05, 0) is 18.2 Å². The fraction of sp³-hybridized carbons (Fsp3) is 0.238. The minimum Gasteiger partial charge on any atom is -0.480 e. The summed E-state index contributed by atoms with van der Waals surface area (Å²) in [6.07, 6.45) is 0.677. The molecule has 5 nitrogen and oxygen atoms in total. The monoisotopic (exact) mass is 347 g/mol. The van der Waals surface area contributed by atoms with E-state index in [1.165, 1.54) is 4.57 Å². The number of nitrogens with zero attached hydrogens (tertiary/aromatic N) is 3. The lowest BCUT2D eigenvalue weighted by Gasteiger charge is -2.27. The minimum atomic E-state index is -0.421. The molecule has 1 aliphatic heterocycles. The Morgan fingerprint density at radius 1 is 1.00 bits per heavy atom. The molecule has 0 bridgehead atoms. The Balaban J connectivity index is 1.95. The van der Waals surface area contributed by atoms with E-state index in [1.54, 1.807) is 0 Å². The normalized spacial score (nSPS) is 14.4. The highest BCUT2D eigenvalue weighted by molar-refractivity contribution is 5.35. The summed E-state index contributed by atoms with van der Waals surface area (Å²) in [5, 5.41) is 10.6. The van der Waals surface area contributed by atoms with Crippen LogP contribution in [0.2, 0.25) is 0 Å². The van der Waals surface area contributed by atoms with E-state index in [9.17, 15) is 9.90 Å². The number of rotatable bonds is 3. The summed E-state index contributed by atoms with van der Waals surface area (Å²) in [7, 11) is 1.99. The summed E-state index contributed by atoms with van der Waals surface area (Å²) in [4.78, 5) is 19.8. The Hall–Kier alpha value is -2.92. The van der Waals surface area contributed by atoms with Crippen LogP contribution in [0, 0.1) is 0 Å². The van der Waals surface area contributed by atoms with E-state index in [4.69, 9.17) is 0 Å². The lowest BCUT2D eigenvalue weighted by molar-refractivity contribution is 0.297. The summed E-state index contributed by atoms with van der Waals surface area (Å²) in [6, 6.07) is 18.8. The van der Waals surface area contributed by atoms with Gasteiger partial charge in [0, 0.05) is 19.5 Å². The van der Waals surface area contributed by atoms with Crippen LogP contribution >= 0.6 is 0 Å². The van der Waals surface area contributed by atoms with Crippen molar-refractivity contribution in [1.82, 2.24) is 14.5 Å². The van der Waals surface area contributed by atoms with E-state index in [-0.39, 0.29) is 11.6 Å². The van der Waals surface area contributed by atoms with Gasteiger partial charge in [-0.15, -0.1) is 0 Å². The van der Waals surface area contributed by atoms with Crippen LogP contribution in [0.4, 0.5) is 0 Å². The summed E-state index contributed by atoms with van der Waals surface area (Å²) in [5.41, 5.74) is 3.08. The third-order valence-corrected chi connectivity index (χ3v) is 4.92. The molecule has 1 N–H and O–H groups in total. The van der Waals surface area contributed by atoms with Gasteiger partial charge in [-0.25, -0.2) is 4.98 Å². The van der Waals surface area contributed by atoms with Gasteiger partial charge in [-0.2, -0.15) is 0 Å². The van der Waals surface area contributed by atoms with Gasteiger partial charge in [0.1, 0.15) is 0 Å². The molecule has 0 atom stereocenters. The largest absolute Gasteiger partial charge is 0.480 e. The Bertz CT molecular complexity index is 928. The average Bonchev–Trinajstić information content (AvgIpc) is 2.67. The fourth-order valence-corrected chi connectivity index (χ4v) is 3.61. The van der Waals surface area contributed by atoms with E-state index >= 15 is 0 Å². The average molecular weight is 347 g/mol. The standard InChI is InChI=1S/C21H21N3O2/c1-23-13-12-18-17(14-23)20(25)24(21(26)22-18)19(15-8-4-2-5-9-15)16-10-6-3-7-11-16/h2-11,19H,12-14H2,1H3,(H,22,26). The minimum absolute atomic E-state index is 0.170. The third kappa shape index (κ3) is 2.91. The van der Waals surface area contributed by atoms with Crippen molar-refractivity contribution in [3.05, 3.63) is 93.4 Å². The van der Waals surface area contributed by atoms with Crippen LogP contribution in [0.5, 0.6) is 6.01 Å². The molecule has 0 radical (unpaired) electrons. The van der Waals surface area contributed by atoms with Crippen LogP contribution in [0.15, 0.2) is 65.5 Å². The first-order valence-electron chi connectivity index (χ1n) is 8.77. The van der Waals surface area contributed by atoms with Crippen LogP contribution in [0.3, 0.4) is 0 Å². The van der Waals surface area contributed by atoms with Gasteiger partial charge in [0.05, 0.1) is 17.3 Å². The van der Waals surface area contributed by atoms with Crippen molar-refractivity contribution in [2.45, 2.75) is 19.0 Å². The lowest BCUT2D eigenvalue weighted by Crippen LogP contribution is -2.37. The zero-order chi connectivity index (χ0) is 18.1. The third-order valence-electron chi connectivity index (χ3n) is 4.92. The Labute approximate surface area is 152 Å². The van der Waals surface area contributed by atoms with Gasteiger partial charge in [0.15, 0.2) is 0 Å². The smallest absolute Gasteiger partial charge is 0.297 e. The first-order chi connectivity index (χ1) is 12.6. The number of aromatic hydroxyl groups is 1. The zero-order valence-corrected chi connectivity index (χ0v) is 14.7. The second-order valence-electron chi connectivity index (χ2n) is 6.72. The molecule has 5 heteroatoms. The molecule has 4 rings (SSSR count). The van der Waals surface area contributed by atoms with Crippen molar-refractivity contribution in [1.29, 1.82) is 0 Å². The highest BCUT2D eigenvalue weighted by Gasteiger charge is 2.27. The van der Waals surface area contributed by atoms with Gasteiger partial charge in [0.2, 0.25) is 0 Å². The lowest BCUT2D eigenvalue weighted by atomic mass is 9.98. The zero-order valence-electron chi connectivity index (χ0n) is 14.7. The SMILES string of the molecule is CN1CCc2nc(O)n(C(c3ccccc3)c3ccccc3)c(=O)c2C1. The number of hydrogen-bond donors (Lipinski definition) is 1. The molecule has 0 aliphatic carbocycles. The van der Waals surface area contributed by atoms with Crippen LogP contribution in [0.1, 0.15) is 28.4 Å². The molecular formula is C21H21N3O2. The molecule has 0 spiro atoms. The number of benzene rings is 2. The van der Waals surface area contributed by atoms with Gasteiger partial charge in [-0.3, -0.25) is 9.36 Å². The fourth-order valence-electron chi connectivity index (χ4n) is 3.61. The van der Waals surface area contributed by atoms with Gasteiger partial charge in [0.25, 0.3) is 11.6 Å². The van der Waals surface area contributed by atoms with Crippen LogP contribution in [-0.2, 0) is 13.0 Å². The highest BCUT2D eigenvalue weighted by Crippen LogP contribution is 2.29. The van der Waals surface area contributed by atoms with E-state index in [0.29, 0.717) is 24.2 Å². The molecule has 0 amide bonds.